The summed E-state index contributed by atoms with van der Waals surface area (Å²) >= 11 is 0. The number of nitrogens with two attached hydrogens (primary N) is 1. The number of hydrogen-bond donors (Lipinski definition) is 4. The number of carboxylic acids is 1. The largest absolute Gasteiger partial charge is 0.481 e. The second kappa shape index (κ2) is 9.93. The number of aliphatic carboxylic acids is 1. The Labute approximate surface area is 161 Å². The van der Waals surface area contributed by atoms with Crippen LogP contribution < -0.4 is 16.4 Å². The van der Waals surface area contributed by atoms with Crippen LogP contribution in [0.3, 0.4) is 0 Å². The summed E-state index contributed by atoms with van der Waals surface area (Å²) in [5.74, 6) is -0.665. The molecule has 0 saturated heterocycles. The average molecular weight is 396 g/mol. The number of benzene rings is 1. The van der Waals surface area contributed by atoms with Crippen molar-refractivity contribution >= 4 is 17.5 Å². The van der Waals surface area contributed by atoms with E-state index in [0.29, 0.717) is 31.0 Å². The Morgan fingerprint density at radius 1 is 1.18 bits per heavy atom. The number of carboxylic acid groups (broad SMARTS) is 1. The van der Waals surface area contributed by atoms with E-state index in [1.807, 2.05) is 6.07 Å². The van der Waals surface area contributed by atoms with Gasteiger partial charge in [-0.15, -0.1) is 0 Å². The highest BCUT2D eigenvalue weighted by Gasteiger charge is 2.33. The van der Waals surface area contributed by atoms with Gasteiger partial charge in [-0.2, -0.15) is 13.2 Å². The van der Waals surface area contributed by atoms with Crippen molar-refractivity contribution in [1.82, 2.24) is 10.3 Å². The third-order valence-corrected chi connectivity index (χ3v) is 4.09. The lowest BCUT2D eigenvalue weighted by atomic mass is 9.99. The third kappa shape index (κ3) is 6.73. The molecule has 2 rings (SSSR count). The summed E-state index contributed by atoms with van der Waals surface area (Å²) in [4.78, 5) is 14.8. The second-order valence-electron chi connectivity index (χ2n) is 6.28. The van der Waals surface area contributed by atoms with Crippen molar-refractivity contribution in [3.63, 3.8) is 0 Å². The quantitative estimate of drug-likeness (QED) is 0.461. The van der Waals surface area contributed by atoms with Gasteiger partial charge in [0.25, 0.3) is 0 Å². The molecule has 0 amide bonds. The smallest absolute Gasteiger partial charge is 0.416 e. The lowest BCUT2D eigenvalue weighted by Crippen LogP contribution is -2.22. The SMILES string of the molecule is Nc1ncccc1NCCCNCCc1cc(CC(=O)O)ccc1C(F)(F)F. The van der Waals surface area contributed by atoms with Gasteiger partial charge in [-0.25, -0.2) is 4.98 Å². The van der Waals surface area contributed by atoms with Crippen LogP contribution in [0.2, 0.25) is 0 Å². The van der Waals surface area contributed by atoms with Gasteiger partial charge in [-0.1, -0.05) is 12.1 Å². The summed E-state index contributed by atoms with van der Waals surface area (Å²) in [5, 5.41) is 15.1. The van der Waals surface area contributed by atoms with Crippen molar-refractivity contribution in [3.05, 3.63) is 53.2 Å². The number of alkyl halides is 3. The monoisotopic (exact) mass is 396 g/mol. The number of anilines is 2. The first-order valence-corrected chi connectivity index (χ1v) is 8.83. The summed E-state index contributed by atoms with van der Waals surface area (Å²) < 4.78 is 39.5. The van der Waals surface area contributed by atoms with E-state index in [4.69, 9.17) is 10.8 Å². The third-order valence-electron chi connectivity index (χ3n) is 4.09. The molecule has 28 heavy (non-hydrogen) atoms. The topological polar surface area (TPSA) is 100 Å². The van der Waals surface area contributed by atoms with Crippen molar-refractivity contribution in [1.29, 1.82) is 0 Å². The zero-order valence-corrected chi connectivity index (χ0v) is 15.2. The maximum atomic E-state index is 13.2. The van der Waals surface area contributed by atoms with Gasteiger partial charge in [-0.05, 0) is 55.3 Å². The zero-order chi connectivity index (χ0) is 20.6. The lowest BCUT2D eigenvalue weighted by Gasteiger charge is -2.15. The van der Waals surface area contributed by atoms with E-state index in [2.05, 4.69) is 15.6 Å². The van der Waals surface area contributed by atoms with E-state index in [1.165, 1.54) is 12.1 Å². The molecular formula is C19H23F3N4O2. The number of pyridine rings is 1. The summed E-state index contributed by atoms with van der Waals surface area (Å²) in [5.41, 5.74) is 6.19. The molecule has 0 unspecified atom stereocenters. The Bertz CT molecular complexity index is 797. The Balaban J connectivity index is 1.81. The first-order chi connectivity index (χ1) is 13.3. The molecule has 0 bridgehead atoms. The minimum absolute atomic E-state index is 0.0972. The fraction of sp³-hybridized carbons (Fsp3) is 0.368. The number of nitrogen functional groups attached to an aromatic ring is 1. The van der Waals surface area contributed by atoms with Gasteiger partial charge in [0, 0.05) is 12.7 Å². The predicted molar refractivity (Wildman–Crippen MR) is 101 cm³/mol. The summed E-state index contributed by atoms with van der Waals surface area (Å²) in [6.45, 7) is 1.61. The number of nitrogens with zero attached hydrogens (tertiary/aromatic N) is 1. The molecule has 9 heteroatoms. The molecule has 0 saturated carbocycles. The first-order valence-electron chi connectivity index (χ1n) is 8.83. The van der Waals surface area contributed by atoms with Crippen LogP contribution in [0, 0.1) is 0 Å². The molecule has 0 atom stereocenters. The lowest BCUT2D eigenvalue weighted by molar-refractivity contribution is -0.138. The van der Waals surface area contributed by atoms with E-state index in [9.17, 15) is 18.0 Å². The molecule has 6 nitrogen and oxygen atoms in total. The molecule has 1 aromatic carbocycles. The number of nitrogens with one attached hydrogen (secondary N) is 2. The van der Waals surface area contributed by atoms with Crippen LogP contribution in [0.1, 0.15) is 23.1 Å². The van der Waals surface area contributed by atoms with Gasteiger partial charge >= 0.3 is 12.1 Å². The van der Waals surface area contributed by atoms with E-state index in [1.54, 1.807) is 12.3 Å². The molecule has 0 fully saturated rings. The molecule has 0 spiro atoms. The van der Waals surface area contributed by atoms with E-state index >= 15 is 0 Å². The molecule has 0 radical (unpaired) electrons. The van der Waals surface area contributed by atoms with Crippen LogP contribution in [0.25, 0.3) is 0 Å². The summed E-state index contributed by atoms with van der Waals surface area (Å²) in [6.07, 6.45) is -2.26. The minimum Gasteiger partial charge on any atom is -0.481 e. The Kier molecular flexibility index (Phi) is 7.62. The molecule has 152 valence electrons. The van der Waals surface area contributed by atoms with Crippen molar-refractivity contribution in [3.8, 4) is 0 Å². The van der Waals surface area contributed by atoms with Crippen molar-refractivity contribution in [2.45, 2.75) is 25.4 Å². The molecule has 0 aliphatic heterocycles. The minimum atomic E-state index is -4.47. The predicted octanol–water partition coefficient (Wildman–Crippen LogP) is 2.94. The van der Waals surface area contributed by atoms with Crippen LogP contribution in [-0.4, -0.2) is 35.7 Å². The highest BCUT2D eigenvalue weighted by Crippen LogP contribution is 2.32. The summed E-state index contributed by atoms with van der Waals surface area (Å²) in [6, 6.07) is 7.08. The number of carbonyl (C=O) groups is 1. The van der Waals surface area contributed by atoms with Crippen LogP contribution in [0.4, 0.5) is 24.7 Å². The Hall–Kier alpha value is -2.81. The molecule has 1 heterocycles. The van der Waals surface area contributed by atoms with E-state index < -0.39 is 17.7 Å². The Morgan fingerprint density at radius 2 is 1.96 bits per heavy atom. The average Bonchev–Trinajstić information content (AvgIpc) is 2.61. The molecular weight excluding hydrogens is 373 g/mol. The van der Waals surface area contributed by atoms with Crippen LogP contribution >= 0.6 is 0 Å². The number of hydrogen-bond acceptors (Lipinski definition) is 5. The fourth-order valence-electron chi connectivity index (χ4n) is 2.77. The van der Waals surface area contributed by atoms with Crippen molar-refractivity contribution < 1.29 is 23.1 Å². The maximum Gasteiger partial charge on any atom is 0.416 e. The Morgan fingerprint density at radius 3 is 2.64 bits per heavy atom. The second-order valence-corrected chi connectivity index (χ2v) is 6.28. The van der Waals surface area contributed by atoms with Crippen molar-refractivity contribution in [2.24, 2.45) is 0 Å². The standard InChI is InChI=1S/C19H23F3N4O2/c20-19(21,22)15-5-4-13(12-17(27)28)11-14(15)6-10-24-7-2-9-25-16-3-1-8-26-18(16)23/h1,3-5,8,11,24-25H,2,6-7,9-10,12H2,(H2,23,26)(H,27,28). The van der Waals surface area contributed by atoms with Gasteiger partial charge in [0.15, 0.2) is 0 Å². The normalized spacial score (nSPS) is 11.4. The fourth-order valence-corrected chi connectivity index (χ4v) is 2.77. The van der Waals surface area contributed by atoms with Gasteiger partial charge in [-0.3, -0.25) is 4.79 Å². The highest BCUT2D eigenvalue weighted by atomic mass is 19.4. The molecule has 0 aliphatic carbocycles. The van der Waals surface area contributed by atoms with Crippen molar-refractivity contribution in [2.75, 3.05) is 30.7 Å². The zero-order valence-electron chi connectivity index (χ0n) is 15.2. The number of aromatic nitrogens is 1. The van der Waals surface area contributed by atoms with Gasteiger partial charge < -0.3 is 21.5 Å². The van der Waals surface area contributed by atoms with Gasteiger partial charge in [0.05, 0.1) is 17.7 Å². The molecule has 5 N–H and O–H groups in total. The molecule has 1 aromatic heterocycles. The van der Waals surface area contributed by atoms with Crippen LogP contribution in [0.15, 0.2) is 36.5 Å². The maximum absolute atomic E-state index is 13.2. The van der Waals surface area contributed by atoms with Crippen LogP contribution in [-0.2, 0) is 23.8 Å². The first kappa shape index (κ1) is 21.5. The van der Waals surface area contributed by atoms with E-state index in [0.717, 1.165) is 18.2 Å². The number of halogens is 3. The molecule has 0 aliphatic rings. The van der Waals surface area contributed by atoms with Crippen LogP contribution in [0.5, 0.6) is 0 Å². The van der Waals surface area contributed by atoms with Gasteiger partial charge in [0.1, 0.15) is 5.82 Å². The summed E-state index contributed by atoms with van der Waals surface area (Å²) in [7, 11) is 0. The number of rotatable bonds is 10. The molecule has 2 aromatic rings. The van der Waals surface area contributed by atoms with E-state index in [-0.39, 0.29) is 18.4 Å². The highest BCUT2D eigenvalue weighted by molar-refractivity contribution is 5.70. The van der Waals surface area contributed by atoms with Gasteiger partial charge in [0.2, 0.25) is 0 Å².